The molecule has 0 aliphatic heterocycles. The molecule has 2 heterocycles. The minimum atomic E-state index is -0.399. The third-order valence-corrected chi connectivity index (χ3v) is 7.48. The zero-order chi connectivity index (χ0) is 20.0. The number of hydrogen-bond acceptors (Lipinski definition) is 6. The Morgan fingerprint density at radius 2 is 1.04 bits per heavy atom. The molecule has 2 aromatic heterocycles. The van der Waals surface area contributed by atoms with E-state index in [1.54, 1.807) is 46.9 Å². The van der Waals surface area contributed by atoms with Crippen LogP contribution in [-0.2, 0) is 0 Å². The Morgan fingerprint density at radius 1 is 0.679 bits per heavy atom. The molecule has 0 amide bonds. The molecule has 0 unspecified atom stereocenters. The summed E-state index contributed by atoms with van der Waals surface area (Å²) in [5, 5.41) is 22.9. The lowest BCUT2D eigenvalue weighted by molar-refractivity contribution is -0.385. The Kier molecular flexibility index (Phi) is 4.44. The second-order valence-electron chi connectivity index (χ2n) is 6.38. The molecule has 6 nitrogen and oxygen atoms in total. The summed E-state index contributed by atoms with van der Waals surface area (Å²) >= 11 is 3.34. The molecule has 2 aromatic carbocycles. The quantitative estimate of drug-likeness (QED) is 0.276. The number of nitro benzene ring substituents is 2. The molecular formula is C20H14N2O4S2. The summed E-state index contributed by atoms with van der Waals surface area (Å²) in [6, 6.07) is 13.2. The van der Waals surface area contributed by atoms with Gasteiger partial charge >= 0.3 is 0 Å². The second-order valence-corrected chi connectivity index (χ2v) is 8.68. The number of rotatable bonds is 4. The van der Waals surface area contributed by atoms with Crippen molar-refractivity contribution >= 4 is 43.4 Å². The minimum absolute atomic E-state index is 0.0800. The van der Waals surface area contributed by atoms with Crippen molar-refractivity contribution in [2.75, 3.05) is 0 Å². The lowest BCUT2D eigenvalue weighted by Crippen LogP contribution is -1.87. The third kappa shape index (κ3) is 2.96. The molecule has 8 heteroatoms. The van der Waals surface area contributed by atoms with E-state index < -0.39 is 9.85 Å². The molecule has 4 rings (SSSR count). The zero-order valence-corrected chi connectivity index (χ0v) is 16.6. The van der Waals surface area contributed by atoms with Crippen LogP contribution < -0.4 is 0 Å². The van der Waals surface area contributed by atoms with E-state index in [1.165, 1.54) is 33.7 Å². The number of benzene rings is 2. The van der Waals surface area contributed by atoms with Crippen LogP contribution in [0.5, 0.6) is 0 Å². The van der Waals surface area contributed by atoms with E-state index in [-0.39, 0.29) is 11.4 Å². The highest BCUT2D eigenvalue weighted by molar-refractivity contribution is 7.41. The maximum atomic E-state index is 10.9. The molecule has 0 aliphatic rings. The zero-order valence-electron chi connectivity index (χ0n) is 15.0. The van der Waals surface area contributed by atoms with Crippen LogP contribution in [0, 0.1) is 34.1 Å². The second kappa shape index (κ2) is 6.81. The summed E-state index contributed by atoms with van der Waals surface area (Å²) in [4.78, 5) is 23.1. The number of nitrogens with zero attached hydrogens (tertiary/aromatic N) is 2. The molecule has 0 saturated heterocycles. The highest BCUT2D eigenvalue weighted by Crippen LogP contribution is 2.48. The van der Waals surface area contributed by atoms with Crippen LogP contribution in [0.2, 0.25) is 0 Å². The van der Waals surface area contributed by atoms with Crippen LogP contribution in [0.3, 0.4) is 0 Å². The Morgan fingerprint density at radius 3 is 1.32 bits per heavy atom. The van der Waals surface area contributed by atoms with Gasteiger partial charge in [0.1, 0.15) is 0 Å². The van der Waals surface area contributed by atoms with E-state index in [1.807, 2.05) is 0 Å². The maximum Gasteiger partial charge on any atom is 0.269 e. The number of thiophene rings is 2. The van der Waals surface area contributed by atoms with Crippen molar-refractivity contribution in [2.45, 2.75) is 13.8 Å². The predicted octanol–water partition coefficient (Wildman–Crippen LogP) is 6.73. The molecule has 0 atom stereocenters. The van der Waals surface area contributed by atoms with Crippen LogP contribution in [-0.4, -0.2) is 9.85 Å². The number of aryl methyl sites for hydroxylation is 2. The molecule has 0 saturated carbocycles. The van der Waals surface area contributed by atoms with Gasteiger partial charge in [-0.1, -0.05) is 0 Å². The Balaban J connectivity index is 1.77. The third-order valence-electron chi connectivity index (χ3n) is 4.71. The van der Waals surface area contributed by atoms with Crippen molar-refractivity contribution in [2.24, 2.45) is 0 Å². The SMILES string of the molecule is Cc1c(-c2ccc([N+](=O)[O-])cc2)sc2sc(-c3ccc([N+](=O)[O-])cc3)c(C)c12. The van der Waals surface area contributed by atoms with Gasteiger partial charge in [0.05, 0.1) is 13.9 Å². The topological polar surface area (TPSA) is 86.3 Å². The summed E-state index contributed by atoms with van der Waals surface area (Å²) in [5.41, 5.74) is 4.39. The molecule has 0 aliphatic carbocycles. The highest BCUT2D eigenvalue weighted by atomic mass is 32.2. The Labute approximate surface area is 168 Å². The lowest BCUT2D eigenvalue weighted by atomic mass is 10.0. The average Bonchev–Trinajstić information content (AvgIpc) is 3.19. The largest absolute Gasteiger partial charge is 0.269 e. The molecule has 28 heavy (non-hydrogen) atoms. The van der Waals surface area contributed by atoms with Crippen molar-refractivity contribution in [3.8, 4) is 20.9 Å². The van der Waals surface area contributed by atoms with E-state index in [0.717, 1.165) is 32.0 Å². The van der Waals surface area contributed by atoms with Gasteiger partial charge in [0, 0.05) is 39.4 Å². The first-order valence-corrected chi connectivity index (χ1v) is 10.0. The van der Waals surface area contributed by atoms with Gasteiger partial charge in [-0.25, -0.2) is 0 Å². The van der Waals surface area contributed by atoms with E-state index in [4.69, 9.17) is 0 Å². The smallest absolute Gasteiger partial charge is 0.258 e. The fraction of sp³-hybridized carbons (Fsp3) is 0.100. The van der Waals surface area contributed by atoms with Crippen molar-refractivity contribution in [1.29, 1.82) is 0 Å². The standard InChI is InChI=1S/C20H14N2O4S2/c1-11-17-12(2)19(14-5-9-16(10-6-14)22(25)26)28-20(17)27-18(11)13-3-7-15(8-4-13)21(23)24/h3-10H,1-2H3. The molecule has 0 N–H and O–H groups in total. The van der Waals surface area contributed by atoms with E-state index in [2.05, 4.69) is 13.8 Å². The number of hydrogen-bond donors (Lipinski definition) is 0. The summed E-state index contributed by atoms with van der Waals surface area (Å²) in [6.07, 6.45) is 0. The van der Waals surface area contributed by atoms with Gasteiger partial charge in [-0.2, -0.15) is 0 Å². The molecule has 140 valence electrons. The normalized spacial score (nSPS) is 11.1. The molecule has 0 bridgehead atoms. The maximum absolute atomic E-state index is 10.9. The fourth-order valence-corrected chi connectivity index (χ4v) is 6.17. The van der Waals surface area contributed by atoms with Crippen molar-refractivity contribution in [3.63, 3.8) is 0 Å². The van der Waals surface area contributed by atoms with Gasteiger partial charge in [0.25, 0.3) is 11.4 Å². The van der Waals surface area contributed by atoms with E-state index in [9.17, 15) is 20.2 Å². The lowest BCUT2D eigenvalue weighted by Gasteiger charge is -2.03. The molecular weight excluding hydrogens is 396 g/mol. The molecule has 0 radical (unpaired) electrons. The van der Waals surface area contributed by atoms with Crippen LogP contribution in [0.25, 0.3) is 30.3 Å². The van der Waals surface area contributed by atoms with Crippen molar-refractivity contribution in [1.82, 2.24) is 0 Å². The van der Waals surface area contributed by atoms with Gasteiger partial charge < -0.3 is 0 Å². The molecule has 4 aromatic rings. The monoisotopic (exact) mass is 410 g/mol. The summed E-state index contributed by atoms with van der Waals surface area (Å²) < 4.78 is 1.18. The van der Waals surface area contributed by atoms with Crippen molar-refractivity contribution in [3.05, 3.63) is 79.9 Å². The van der Waals surface area contributed by atoms with Gasteiger partial charge in [-0.3, -0.25) is 20.2 Å². The van der Waals surface area contributed by atoms with Crippen molar-refractivity contribution < 1.29 is 9.85 Å². The summed E-state index contributed by atoms with van der Waals surface area (Å²) in [5.74, 6) is 0. The minimum Gasteiger partial charge on any atom is -0.258 e. The van der Waals surface area contributed by atoms with Gasteiger partial charge in [0.2, 0.25) is 0 Å². The fourth-order valence-electron chi connectivity index (χ4n) is 3.30. The van der Waals surface area contributed by atoms with E-state index >= 15 is 0 Å². The summed E-state index contributed by atoms with van der Waals surface area (Å²) in [7, 11) is 0. The number of nitro groups is 2. The predicted molar refractivity (Wildman–Crippen MR) is 113 cm³/mol. The van der Waals surface area contributed by atoms with E-state index in [0.29, 0.717) is 0 Å². The first-order valence-electron chi connectivity index (χ1n) is 8.39. The molecule has 0 spiro atoms. The van der Waals surface area contributed by atoms with Crippen LogP contribution in [0.1, 0.15) is 11.1 Å². The Hall–Kier alpha value is -3.10. The average molecular weight is 410 g/mol. The van der Waals surface area contributed by atoms with Gasteiger partial charge in [-0.15, -0.1) is 22.7 Å². The van der Waals surface area contributed by atoms with Crippen LogP contribution in [0.4, 0.5) is 11.4 Å². The first kappa shape index (κ1) is 18.3. The van der Waals surface area contributed by atoms with Crippen LogP contribution in [0.15, 0.2) is 48.5 Å². The van der Waals surface area contributed by atoms with Crippen LogP contribution >= 0.6 is 22.7 Å². The number of non-ortho nitro benzene ring substituents is 2. The number of fused-ring (bicyclic) bond motifs is 1. The highest BCUT2D eigenvalue weighted by Gasteiger charge is 2.19. The molecule has 0 fully saturated rings. The first-order chi connectivity index (χ1) is 13.4. The van der Waals surface area contributed by atoms with Gasteiger partial charge in [0.15, 0.2) is 0 Å². The Bertz CT molecular complexity index is 1130. The van der Waals surface area contributed by atoms with Gasteiger partial charge in [-0.05, 0) is 60.4 Å². The summed E-state index contributed by atoms with van der Waals surface area (Å²) in [6.45, 7) is 4.13.